The van der Waals surface area contributed by atoms with Crippen LogP contribution in [0.5, 0.6) is 0 Å². The summed E-state index contributed by atoms with van der Waals surface area (Å²) in [6.45, 7) is 3.73. The lowest BCUT2D eigenvalue weighted by molar-refractivity contribution is -0.147. The third-order valence-electron chi connectivity index (χ3n) is 4.30. The first-order valence-corrected chi connectivity index (χ1v) is 7.77. The minimum Gasteiger partial charge on any atom is -0.368 e. The van der Waals surface area contributed by atoms with Gasteiger partial charge in [0.25, 0.3) is 5.91 Å². The lowest BCUT2D eigenvalue weighted by Crippen LogP contribution is -2.55. The zero-order valence-electron chi connectivity index (χ0n) is 13.4. The lowest BCUT2D eigenvalue weighted by Gasteiger charge is -2.35. The molecule has 1 aromatic carbocycles. The molecule has 2 rings (SSSR count). The van der Waals surface area contributed by atoms with Crippen molar-refractivity contribution in [2.75, 3.05) is 20.2 Å². The first-order valence-electron chi connectivity index (χ1n) is 7.77. The Kier molecular flexibility index (Phi) is 7.87. The number of hydrogen-bond acceptors (Lipinski definition) is 3. The van der Waals surface area contributed by atoms with Crippen molar-refractivity contribution < 1.29 is 9.53 Å². The van der Waals surface area contributed by atoms with Crippen molar-refractivity contribution in [1.29, 1.82) is 0 Å². The molecule has 1 aliphatic heterocycles. The molecule has 5 heteroatoms. The van der Waals surface area contributed by atoms with Crippen molar-refractivity contribution in [1.82, 2.24) is 10.6 Å². The van der Waals surface area contributed by atoms with Crippen LogP contribution in [0.15, 0.2) is 30.3 Å². The molecule has 2 N–H and O–H groups in total. The maximum absolute atomic E-state index is 12.5. The predicted octanol–water partition coefficient (Wildman–Crippen LogP) is 2.31. The molecule has 0 aromatic heterocycles. The standard InChI is InChI=1S/C17H26N2O2.ClH/c1-14(8-9-15-6-4-3-5-7-15)19-16(20)17(21-2)10-12-18-13-11-17;/h3-7,14,18H,8-13H2,1-2H3,(H,19,20);1H. The third-order valence-corrected chi connectivity index (χ3v) is 4.30. The number of nitrogens with one attached hydrogen (secondary N) is 2. The Hall–Kier alpha value is -1.10. The van der Waals surface area contributed by atoms with Crippen LogP contribution in [0.2, 0.25) is 0 Å². The fourth-order valence-corrected chi connectivity index (χ4v) is 2.81. The van der Waals surface area contributed by atoms with Crippen LogP contribution in [0, 0.1) is 0 Å². The van der Waals surface area contributed by atoms with Crippen LogP contribution in [0.4, 0.5) is 0 Å². The summed E-state index contributed by atoms with van der Waals surface area (Å²) in [4.78, 5) is 12.5. The van der Waals surface area contributed by atoms with E-state index in [9.17, 15) is 4.79 Å². The molecule has 1 heterocycles. The largest absolute Gasteiger partial charge is 0.368 e. The number of benzene rings is 1. The summed E-state index contributed by atoms with van der Waals surface area (Å²) in [7, 11) is 1.64. The van der Waals surface area contributed by atoms with Gasteiger partial charge in [0.2, 0.25) is 0 Å². The number of carbonyl (C=O) groups is 1. The molecule has 1 unspecified atom stereocenters. The monoisotopic (exact) mass is 326 g/mol. The maximum atomic E-state index is 12.5. The predicted molar refractivity (Wildman–Crippen MR) is 91.5 cm³/mol. The minimum atomic E-state index is -0.647. The Morgan fingerprint density at radius 1 is 1.32 bits per heavy atom. The van der Waals surface area contributed by atoms with E-state index in [-0.39, 0.29) is 24.4 Å². The second kappa shape index (κ2) is 9.13. The minimum absolute atomic E-state index is 0. The van der Waals surface area contributed by atoms with Gasteiger partial charge in [0.1, 0.15) is 5.60 Å². The van der Waals surface area contributed by atoms with Crippen LogP contribution < -0.4 is 10.6 Å². The average molecular weight is 327 g/mol. The Balaban J connectivity index is 0.00000242. The number of halogens is 1. The summed E-state index contributed by atoms with van der Waals surface area (Å²) in [6.07, 6.45) is 3.39. The highest BCUT2D eigenvalue weighted by Crippen LogP contribution is 2.23. The molecular weight excluding hydrogens is 300 g/mol. The smallest absolute Gasteiger partial charge is 0.252 e. The van der Waals surface area contributed by atoms with Crippen molar-refractivity contribution in [3.8, 4) is 0 Å². The fourth-order valence-electron chi connectivity index (χ4n) is 2.81. The van der Waals surface area contributed by atoms with Crippen molar-refractivity contribution in [3.63, 3.8) is 0 Å². The van der Waals surface area contributed by atoms with Crippen LogP contribution in [0.1, 0.15) is 31.7 Å². The number of methoxy groups -OCH3 is 1. The SMILES string of the molecule is COC1(C(=O)NC(C)CCc2ccccc2)CCNCC1.Cl. The highest BCUT2D eigenvalue weighted by atomic mass is 35.5. The van der Waals surface area contributed by atoms with Crippen LogP contribution in [0.3, 0.4) is 0 Å². The van der Waals surface area contributed by atoms with Gasteiger partial charge in [-0.3, -0.25) is 4.79 Å². The van der Waals surface area contributed by atoms with Gasteiger partial charge >= 0.3 is 0 Å². The van der Waals surface area contributed by atoms with E-state index in [0.29, 0.717) is 0 Å². The van der Waals surface area contributed by atoms with Gasteiger partial charge in [-0.15, -0.1) is 12.4 Å². The van der Waals surface area contributed by atoms with E-state index in [4.69, 9.17) is 4.74 Å². The summed E-state index contributed by atoms with van der Waals surface area (Å²) < 4.78 is 5.55. The number of carbonyl (C=O) groups excluding carboxylic acids is 1. The molecule has 1 saturated heterocycles. The molecule has 22 heavy (non-hydrogen) atoms. The van der Waals surface area contributed by atoms with Gasteiger partial charge < -0.3 is 15.4 Å². The van der Waals surface area contributed by atoms with Crippen molar-refractivity contribution in [2.24, 2.45) is 0 Å². The van der Waals surface area contributed by atoms with Crippen LogP contribution in [-0.4, -0.2) is 37.7 Å². The number of amides is 1. The van der Waals surface area contributed by atoms with Crippen molar-refractivity contribution >= 4 is 18.3 Å². The van der Waals surface area contributed by atoms with Gasteiger partial charge in [-0.2, -0.15) is 0 Å². The van der Waals surface area contributed by atoms with Gasteiger partial charge in [0, 0.05) is 13.2 Å². The van der Waals surface area contributed by atoms with E-state index >= 15 is 0 Å². The molecule has 1 fully saturated rings. The third kappa shape index (κ3) is 4.97. The van der Waals surface area contributed by atoms with Gasteiger partial charge in [-0.25, -0.2) is 0 Å². The van der Waals surface area contributed by atoms with Crippen molar-refractivity contribution in [2.45, 2.75) is 44.2 Å². The molecule has 0 saturated carbocycles. The Morgan fingerprint density at radius 2 is 1.95 bits per heavy atom. The molecule has 0 aliphatic carbocycles. The lowest BCUT2D eigenvalue weighted by atomic mass is 9.90. The molecule has 1 aromatic rings. The average Bonchev–Trinajstić information content (AvgIpc) is 2.54. The second-order valence-electron chi connectivity index (χ2n) is 5.85. The zero-order chi connectivity index (χ0) is 15.1. The molecular formula is C17H27ClN2O2. The van der Waals surface area contributed by atoms with E-state index in [0.717, 1.165) is 38.8 Å². The molecule has 124 valence electrons. The second-order valence-corrected chi connectivity index (χ2v) is 5.85. The number of ether oxygens (including phenoxy) is 1. The zero-order valence-corrected chi connectivity index (χ0v) is 14.2. The van der Waals surface area contributed by atoms with Crippen LogP contribution in [-0.2, 0) is 16.0 Å². The van der Waals surface area contributed by atoms with Gasteiger partial charge in [-0.1, -0.05) is 30.3 Å². The summed E-state index contributed by atoms with van der Waals surface area (Å²) >= 11 is 0. The number of hydrogen-bond donors (Lipinski definition) is 2. The number of aryl methyl sites for hydroxylation is 1. The van der Waals surface area contributed by atoms with E-state index in [1.807, 2.05) is 18.2 Å². The summed E-state index contributed by atoms with van der Waals surface area (Å²) in [6, 6.07) is 10.5. The molecule has 1 atom stereocenters. The van der Waals surface area contributed by atoms with E-state index in [1.54, 1.807) is 7.11 Å². The summed E-state index contributed by atoms with van der Waals surface area (Å²) in [5.74, 6) is 0.0343. The number of piperidine rings is 1. The molecule has 0 bridgehead atoms. The summed E-state index contributed by atoms with van der Waals surface area (Å²) in [5, 5.41) is 6.39. The van der Waals surface area contributed by atoms with Crippen LogP contribution >= 0.6 is 12.4 Å². The summed E-state index contributed by atoms with van der Waals surface area (Å²) in [5.41, 5.74) is 0.661. The first kappa shape index (κ1) is 18.9. The first-order chi connectivity index (χ1) is 10.2. The quantitative estimate of drug-likeness (QED) is 0.843. The van der Waals surface area contributed by atoms with E-state index in [2.05, 4.69) is 29.7 Å². The Morgan fingerprint density at radius 3 is 2.55 bits per heavy atom. The molecule has 0 spiro atoms. The Bertz CT molecular complexity index is 447. The molecule has 1 aliphatic rings. The van der Waals surface area contributed by atoms with E-state index < -0.39 is 5.60 Å². The Labute approximate surface area is 139 Å². The van der Waals surface area contributed by atoms with Crippen LogP contribution in [0.25, 0.3) is 0 Å². The fraction of sp³-hybridized carbons (Fsp3) is 0.588. The van der Waals surface area contributed by atoms with Crippen molar-refractivity contribution in [3.05, 3.63) is 35.9 Å². The molecule has 1 amide bonds. The molecule has 0 radical (unpaired) electrons. The number of rotatable bonds is 6. The topological polar surface area (TPSA) is 50.4 Å². The van der Waals surface area contributed by atoms with Gasteiger partial charge in [0.05, 0.1) is 0 Å². The van der Waals surface area contributed by atoms with E-state index in [1.165, 1.54) is 5.56 Å². The maximum Gasteiger partial charge on any atom is 0.252 e. The highest BCUT2D eigenvalue weighted by molar-refractivity contribution is 5.85. The molecule has 4 nitrogen and oxygen atoms in total. The highest BCUT2D eigenvalue weighted by Gasteiger charge is 2.39. The normalized spacial score (nSPS) is 18.1. The van der Waals surface area contributed by atoms with Gasteiger partial charge in [0.15, 0.2) is 0 Å². The van der Waals surface area contributed by atoms with Gasteiger partial charge in [-0.05, 0) is 51.3 Å².